The fourth-order valence-electron chi connectivity index (χ4n) is 2.36. The zero-order valence-corrected chi connectivity index (χ0v) is 16.0. The van der Waals surface area contributed by atoms with Crippen molar-refractivity contribution in [1.82, 2.24) is 19.9 Å². The molecule has 0 spiro atoms. The number of hydrogen-bond donors (Lipinski definition) is 3. The van der Waals surface area contributed by atoms with E-state index in [1.807, 2.05) is 6.07 Å². The lowest BCUT2D eigenvalue weighted by Crippen LogP contribution is -2.10. The maximum Gasteiger partial charge on any atom is 0.229 e. The number of rotatable bonds is 5. The highest BCUT2D eigenvalue weighted by Gasteiger charge is 2.12. The Hall–Kier alpha value is -2.98. The standard InChI is InChI=1S/C16H16ClN7O2S/c1-9-21-12(7-14(18)22-9)11-4-3-5-19-16(11)23-10-6-13(15(17)20-8-10)24-27(2,25)26/h3-8,24H,1-2H3,(H,19,23)(H2,18,21,22). The van der Waals surface area contributed by atoms with Gasteiger partial charge < -0.3 is 11.1 Å². The number of pyridine rings is 2. The van der Waals surface area contributed by atoms with E-state index in [2.05, 4.69) is 30.0 Å². The van der Waals surface area contributed by atoms with E-state index in [1.54, 1.807) is 25.3 Å². The van der Waals surface area contributed by atoms with E-state index in [0.717, 1.165) is 6.26 Å². The first-order valence-corrected chi connectivity index (χ1v) is 9.95. The average molecular weight is 406 g/mol. The summed E-state index contributed by atoms with van der Waals surface area (Å²) in [5.41, 5.74) is 7.76. The van der Waals surface area contributed by atoms with Gasteiger partial charge in [-0.05, 0) is 25.1 Å². The molecule has 3 aromatic rings. The van der Waals surface area contributed by atoms with E-state index in [-0.39, 0.29) is 10.8 Å². The number of nitrogens with two attached hydrogens (primary N) is 1. The SMILES string of the molecule is Cc1nc(N)cc(-c2cccnc2Nc2cnc(Cl)c(NS(C)(=O)=O)c2)n1. The Morgan fingerprint density at radius 1 is 1.19 bits per heavy atom. The molecule has 0 aliphatic rings. The van der Waals surface area contributed by atoms with Gasteiger partial charge in [0, 0.05) is 17.8 Å². The molecule has 0 aliphatic carbocycles. The zero-order chi connectivity index (χ0) is 19.6. The molecular weight excluding hydrogens is 390 g/mol. The zero-order valence-electron chi connectivity index (χ0n) is 14.4. The molecule has 3 heterocycles. The molecule has 0 fully saturated rings. The average Bonchev–Trinajstić information content (AvgIpc) is 2.56. The van der Waals surface area contributed by atoms with E-state index < -0.39 is 10.0 Å². The highest BCUT2D eigenvalue weighted by Crippen LogP contribution is 2.30. The number of nitrogens with zero attached hydrogens (tertiary/aromatic N) is 4. The molecule has 4 N–H and O–H groups in total. The molecule has 0 radical (unpaired) electrons. The fraction of sp³-hybridized carbons (Fsp3) is 0.125. The number of aromatic nitrogens is 4. The van der Waals surface area contributed by atoms with Crippen molar-refractivity contribution in [3.05, 3.63) is 47.6 Å². The first kappa shape index (κ1) is 18.8. The molecule has 11 heteroatoms. The smallest absolute Gasteiger partial charge is 0.229 e. The van der Waals surface area contributed by atoms with Crippen LogP contribution >= 0.6 is 11.6 Å². The van der Waals surface area contributed by atoms with Gasteiger partial charge in [0.15, 0.2) is 5.15 Å². The summed E-state index contributed by atoms with van der Waals surface area (Å²) in [7, 11) is -3.50. The quantitative estimate of drug-likeness (QED) is 0.551. The molecule has 0 amide bonds. The number of anilines is 4. The molecule has 0 bridgehead atoms. The minimum absolute atomic E-state index is 0.0337. The van der Waals surface area contributed by atoms with Crippen LogP contribution in [0.25, 0.3) is 11.3 Å². The minimum atomic E-state index is -3.50. The number of nitrogen functional groups attached to an aromatic ring is 1. The van der Waals surface area contributed by atoms with Crippen LogP contribution in [0.1, 0.15) is 5.82 Å². The molecule has 9 nitrogen and oxygen atoms in total. The van der Waals surface area contributed by atoms with Gasteiger partial charge >= 0.3 is 0 Å². The third kappa shape index (κ3) is 4.80. The van der Waals surface area contributed by atoms with Gasteiger partial charge in [0.2, 0.25) is 10.0 Å². The molecule has 0 unspecified atom stereocenters. The van der Waals surface area contributed by atoms with Crippen molar-refractivity contribution in [2.45, 2.75) is 6.92 Å². The Labute approximate surface area is 161 Å². The van der Waals surface area contributed by atoms with E-state index in [1.165, 1.54) is 12.3 Å². The molecule has 0 atom stereocenters. The maximum atomic E-state index is 11.5. The van der Waals surface area contributed by atoms with E-state index >= 15 is 0 Å². The normalized spacial score (nSPS) is 11.2. The summed E-state index contributed by atoms with van der Waals surface area (Å²) in [6.45, 7) is 1.75. The molecule has 27 heavy (non-hydrogen) atoms. The van der Waals surface area contributed by atoms with Gasteiger partial charge in [0.25, 0.3) is 0 Å². The van der Waals surface area contributed by atoms with E-state index in [9.17, 15) is 8.42 Å². The summed E-state index contributed by atoms with van der Waals surface area (Å²) in [6.07, 6.45) is 4.11. The summed E-state index contributed by atoms with van der Waals surface area (Å²) >= 11 is 5.95. The van der Waals surface area contributed by atoms with Gasteiger partial charge in [-0.15, -0.1) is 0 Å². The van der Waals surface area contributed by atoms with Crippen LogP contribution in [-0.2, 0) is 10.0 Å². The second-order valence-electron chi connectivity index (χ2n) is 5.69. The third-order valence-electron chi connectivity index (χ3n) is 3.34. The third-order valence-corrected chi connectivity index (χ3v) is 4.23. The summed E-state index contributed by atoms with van der Waals surface area (Å²) in [5.74, 6) is 1.37. The maximum absolute atomic E-state index is 11.5. The molecule has 3 aromatic heterocycles. The number of sulfonamides is 1. The lowest BCUT2D eigenvalue weighted by Gasteiger charge is -2.13. The summed E-state index contributed by atoms with van der Waals surface area (Å²) in [6, 6.07) is 6.76. The first-order chi connectivity index (χ1) is 12.7. The largest absolute Gasteiger partial charge is 0.384 e. The van der Waals surface area contributed by atoms with Gasteiger partial charge in [-0.3, -0.25) is 4.72 Å². The second-order valence-corrected chi connectivity index (χ2v) is 7.79. The highest BCUT2D eigenvalue weighted by atomic mass is 35.5. The Balaban J connectivity index is 1.99. The topological polar surface area (TPSA) is 136 Å². The molecule has 3 rings (SSSR count). The van der Waals surface area contributed by atoms with Crippen LogP contribution in [0.3, 0.4) is 0 Å². The van der Waals surface area contributed by atoms with Gasteiger partial charge in [0.05, 0.1) is 29.5 Å². The summed E-state index contributed by atoms with van der Waals surface area (Å²) in [5, 5.41) is 3.13. The number of aryl methyl sites for hydroxylation is 1. The van der Waals surface area contributed by atoms with E-state index in [4.69, 9.17) is 17.3 Å². The summed E-state index contributed by atoms with van der Waals surface area (Å²) in [4.78, 5) is 16.8. The predicted octanol–water partition coefficient (Wildman–Crippen LogP) is 2.59. The van der Waals surface area contributed by atoms with Crippen molar-refractivity contribution in [3.63, 3.8) is 0 Å². The van der Waals surface area contributed by atoms with E-state index in [0.29, 0.717) is 34.4 Å². The lowest BCUT2D eigenvalue weighted by molar-refractivity contribution is 0.607. The Morgan fingerprint density at radius 2 is 1.96 bits per heavy atom. The van der Waals surface area contributed by atoms with Gasteiger partial charge in [-0.2, -0.15) is 0 Å². The van der Waals surface area contributed by atoms with Crippen molar-refractivity contribution < 1.29 is 8.42 Å². The van der Waals surface area contributed by atoms with Gasteiger partial charge in [0.1, 0.15) is 17.5 Å². The summed E-state index contributed by atoms with van der Waals surface area (Å²) < 4.78 is 25.3. The van der Waals surface area contributed by atoms with Crippen LogP contribution in [0.5, 0.6) is 0 Å². The molecule has 0 saturated carbocycles. The number of nitrogens with one attached hydrogen (secondary N) is 2. The Bertz CT molecular complexity index is 1090. The van der Waals surface area contributed by atoms with Crippen molar-refractivity contribution in [1.29, 1.82) is 0 Å². The highest BCUT2D eigenvalue weighted by molar-refractivity contribution is 7.92. The van der Waals surface area contributed by atoms with Crippen molar-refractivity contribution >= 4 is 44.6 Å². The molecular formula is C16H16ClN7O2S. The van der Waals surface area contributed by atoms with Crippen LogP contribution < -0.4 is 15.8 Å². The Morgan fingerprint density at radius 3 is 2.67 bits per heavy atom. The van der Waals surface area contributed by atoms with Crippen molar-refractivity contribution in [2.24, 2.45) is 0 Å². The van der Waals surface area contributed by atoms with Crippen LogP contribution in [0.4, 0.5) is 23.0 Å². The second kappa shape index (κ2) is 7.33. The fourth-order valence-corrected chi connectivity index (χ4v) is 3.13. The number of hydrogen-bond acceptors (Lipinski definition) is 8. The predicted molar refractivity (Wildman–Crippen MR) is 105 cm³/mol. The van der Waals surface area contributed by atoms with Crippen LogP contribution in [-0.4, -0.2) is 34.6 Å². The molecule has 140 valence electrons. The van der Waals surface area contributed by atoms with Crippen LogP contribution in [0, 0.1) is 6.92 Å². The van der Waals surface area contributed by atoms with Crippen LogP contribution in [0.15, 0.2) is 36.7 Å². The van der Waals surface area contributed by atoms with Crippen molar-refractivity contribution in [3.8, 4) is 11.3 Å². The Kier molecular flexibility index (Phi) is 5.10. The van der Waals surface area contributed by atoms with Crippen molar-refractivity contribution in [2.75, 3.05) is 22.0 Å². The van der Waals surface area contributed by atoms with Gasteiger partial charge in [-0.25, -0.2) is 28.4 Å². The van der Waals surface area contributed by atoms with Gasteiger partial charge in [-0.1, -0.05) is 11.6 Å². The number of halogens is 1. The molecule has 0 aromatic carbocycles. The minimum Gasteiger partial charge on any atom is -0.384 e. The lowest BCUT2D eigenvalue weighted by atomic mass is 10.1. The first-order valence-electron chi connectivity index (χ1n) is 7.68. The monoisotopic (exact) mass is 405 g/mol. The molecule has 0 aliphatic heterocycles. The van der Waals surface area contributed by atoms with Crippen LogP contribution in [0.2, 0.25) is 5.15 Å². The molecule has 0 saturated heterocycles.